The molecule has 1 aromatic heterocycles. The van der Waals surface area contributed by atoms with E-state index in [2.05, 4.69) is 16.8 Å². The molecule has 0 N–H and O–H groups in total. The van der Waals surface area contributed by atoms with Gasteiger partial charge in [-0.15, -0.1) is 11.3 Å². The molecule has 1 aromatic rings. The highest BCUT2D eigenvalue weighted by Gasteiger charge is 2.37. The van der Waals surface area contributed by atoms with Gasteiger partial charge in [0, 0.05) is 36.3 Å². The third-order valence-electron chi connectivity index (χ3n) is 4.11. The van der Waals surface area contributed by atoms with Crippen LogP contribution in [0.25, 0.3) is 0 Å². The Labute approximate surface area is 106 Å². The smallest absolute Gasteiger partial charge is 0.136 e. The van der Waals surface area contributed by atoms with Crippen LogP contribution in [0.1, 0.15) is 42.7 Å². The first-order valence-corrected chi connectivity index (χ1v) is 7.28. The number of aryl methyl sites for hydroxylation is 1. The SMILES string of the molecule is Cc1ncsc1CN1C2CCCC1CC(=O)C2. The lowest BCUT2D eigenvalue weighted by molar-refractivity contribution is -0.127. The zero-order valence-electron chi connectivity index (χ0n) is 10.2. The second kappa shape index (κ2) is 4.50. The lowest BCUT2D eigenvalue weighted by Crippen LogP contribution is -2.51. The van der Waals surface area contributed by atoms with Crippen LogP contribution < -0.4 is 0 Å². The maximum atomic E-state index is 11.7. The van der Waals surface area contributed by atoms with Crippen LogP contribution in [0, 0.1) is 6.92 Å². The van der Waals surface area contributed by atoms with Gasteiger partial charge in [0.1, 0.15) is 5.78 Å². The summed E-state index contributed by atoms with van der Waals surface area (Å²) in [7, 11) is 0. The molecular weight excluding hydrogens is 232 g/mol. The summed E-state index contributed by atoms with van der Waals surface area (Å²) in [6, 6.07) is 0.994. The zero-order chi connectivity index (χ0) is 11.8. The van der Waals surface area contributed by atoms with E-state index in [4.69, 9.17) is 0 Å². The number of carbonyl (C=O) groups excluding carboxylic acids is 1. The predicted molar refractivity (Wildman–Crippen MR) is 68.1 cm³/mol. The summed E-state index contributed by atoms with van der Waals surface area (Å²) in [4.78, 5) is 19.9. The number of carbonyl (C=O) groups is 1. The average Bonchev–Trinajstić information content (AvgIpc) is 2.66. The van der Waals surface area contributed by atoms with Crippen molar-refractivity contribution in [3.8, 4) is 0 Å². The van der Waals surface area contributed by atoms with Crippen molar-refractivity contribution in [1.82, 2.24) is 9.88 Å². The number of fused-ring (bicyclic) bond motifs is 2. The molecule has 3 heterocycles. The number of hydrogen-bond acceptors (Lipinski definition) is 4. The summed E-state index contributed by atoms with van der Waals surface area (Å²) in [6.07, 6.45) is 5.23. The molecular formula is C13H18N2OS. The van der Waals surface area contributed by atoms with Crippen molar-refractivity contribution in [1.29, 1.82) is 0 Å². The molecule has 0 aromatic carbocycles. The van der Waals surface area contributed by atoms with Crippen LogP contribution in [-0.2, 0) is 11.3 Å². The number of aromatic nitrogens is 1. The Morgan fingerprint density at radius 3 is 2.71 bits per heavy atom. The van der Waals surface area contributed by atoms with Crippen LogP contribution in [0.5, 0.6) is 0 Å². The predicted octanol–water partition coefficient (Wildman–Crippen LogP) is 2.54. The summed E-state index contributed by atoms with van der Waals surface area (Å²) in [6.45, 7) is 3.08. The number of Topliss-reactive ketones (excluding diaryl/α,β-unsaturated/α-hetero) is 1. The highest BCUT2D eigenvalue weighted by Crippen LogP contribution is 2.34. The first-order chi connectivity index (χ1) is 8.24. The summed E-state index contributed by atoms with van der Waals surface area (Å²) in [5.74, 6) is 0.469. The molecule has 2 fully saturated rings. The second-order valence-electron chi connectivity index (χ2n) is 5.22. The normalized spacial score (nSPS) is 29.6. The standard InChI is InChI=1S/C13H18N2OS/c1-9-13(17-8-14-9)7-15-10-3-2-4-11(15)6-12(16)5-10/h8,10-11H,2-7H2,1H3. The molecule has 2 atom stereocenters. The van der Waals surface area contributed by atoms with Crippen molar-refractivity contribution in [3.05, 3.63) is 16.1 Å². The molecule has 4 heteroatoms. The van der Waals surface area contributed by atoms with Crippen LogP contribution in [0.2, 0.25) is 0 Å². The first-order valence-electron chi connectivity index (χ1n) is 6.40. The molecule has 2 saturated heterocycles. The van der Waals surface area contributed by atoms with Gasteiger partial charge in [0.25, 0.3) is 0 Å². The van der Waals surface area contributed by atoms with Crippen molar-refractivity contribution in [2.45, 2.75) is 57.7 Å². The highest BCUT2D eigenvalue weighted by atomic mass is 32.1. The van der Waals surface area contributed by atoms with Crippen LogP contribution >= 0.6 is 11.3 Å². The average molecular weight is 250 g/mol. The minimum atomic E-state index is 0.469. The van der Waals surface area contributed by atoms with Crippen LogP contribution in [0.4, 0.5) is 0 Å². The molecule has 3 rings (SSSR count). The van der Waals surface area contributed by atoms with E-state index in [1.54, 1.807) is 11.3 Å². The maximum Gasteiger partial charge on any atom is 0.136 e. The third kappa shape index (κ3) is 2.16. The minimum absolute atomic E-state index is 0.469. The lowest BCUT2D eigenvalue weighted by atomic mass is 9.84. The molecule has 0 saturated carbocycles. The van der Waals surface area contributed by atoms with E-state index in [0.717, 1.165) is 25.1 Å². The molecule has 0 spiro atoms. The number of piperidine rings is 2. The van der Waals surface area contributed by atoms with Gasteiger partial charge in [0.15, 0.2) is 0 Å². The Kier molecular flexibility index (Phi) is 3.01. The molecule has 2 aliphatic rings. The van der Waals surface area contributed by atoms with Gasteiger partial charge >= 0.3 is 0 Å². The summed E-state index contributed by atoms with van der Waals surface area (Å²) < 4.78 is 0. The fraction of sp³-hybridized carbons (Fsp3) is 0.692. The van der Waals surface area contributed by atoms with Gasteiger partial charge in [-0.1, -0.05) is 6.42 Å². The Hall–Kier alpha value is -0.740. The van der Waals surface area contributed by atoms with Crippen molar-refractivity contribution >= 4 is 17.1 Å². The monoisotopic (exact) mass is 250 g/mol. The molecule has 0 amide bonds. The van der Waals surface area contributed by atoms with Gasteiger partial charge in [-0.3, -0.25) is 9.69 Å². The van der Waals surface area contributed by atoms with E-state index in [1.807, 2.05) is 5.51 Å². The van der Waals surface area contributed by atoms with Crippen molar-refractivity contribution in [2.75, 3.05) is 0 Å². The van der Waals surface area contributed by atoms with Gasteiger partial charge < -0.3 is 0 Å². The number of hydrogen-bond donors (Lipinski definition) is 0. The third-order valence-corrected chi connectivity index (χ3v) is 5.03. The van der Waals surface area contributed by atoms with E-state index in [-0.39, 0.29) is 0 Å². The number of rotatable bonds is 2. The van der Waals surface area contributed by atoms with E-state index in [1.165, 1.54) is 24.1 Å². The largest absolute Gasteiger partial charge is 0.300 e. The Morgan fingerprint density at radius 1 is 1.41 bits per heavy atom. The maximum absolute atomic E-state index is 11.7. The number of ketones is 1. The highest BCUT2D eigenvalue weighted by molar-refractivity contribution is 7.09. The number of thiazole rings is 1. The van der Waals surface area contributed by atoms with E-state index >= 15 is 0 Å². The fourth-order valence-electron chi connectivity index (χ4n) is 3.17. The topological polar surface area (TPSA) is 33.2 Å². The molecule has 92 valence electrons. The van der Waals surface area contributed by atoms with Crippen LogP contribution in [0.15, 0.2) is 5.51 Å². The van der Waals surface area contributed by atoms with Gasteiger partial charge in [0.2, 0.25) is 0 Å². The minimum Gasteiger partial charge on any atom is -0.300 e. The van der Waals surface area contributed by atoms with E-state index in [9.17, 15) is 4.79 Å². The fourth-order valence-corrected chi connectivity index (χ4v) is 3.95. The second-order valence-corrected chi connectivity index (χ2v) is 6.16. The van der Waals surface area contributed by atoms with Gasteiger partial charge in [-0.25, -0.2) is 4.98 Å². The van der Waals surface area contributed by atoms with Crippen LogP contribution in [0.3, 0.4) is 0 Å². The van der Waals surface area contributed by atoms with Gasteiger partial charge in [0.05, 0.1) is 11.2 Å². The van der Waals surface area contributed by atoms with Gasteiger partial charge in [-0.2, -0.15) is 0 Å². The molecule has 2 aliphatic heterocycles. The Balaban J connectivity index is 1.78. The first kappa shape index (κ1) is 11.4. The molecule has 17 heavy (non-hydrogen) atoms. The summed E-state index contributed by atoms with van der Waals surface area (Å²) in [5.41, 5.74) is 3.08. The quantitative estimate of drug-likeness (QED) is 0.808. The summed E-state index contributed by atoms with van der Waals surface area (Å²) in [5, 5.41) is 0. The van der Waals surface area contributed by atoms with Crippen molar-refractivity contribution in [3.63, 3.8) is 0 Å². The lowest BCUT2D eigenvalue weighted by Gasteiger charge is -2.45. The molecule has 0 aliphatic carbocycles. The number of nitrogens with zero attached hydrogens (tertiary/aromatic N) is 2. The van der Waals surface area contributed by atoms with Crippen molar-refractivity contribution < 1.29 is 4.79 Å². The Morgan fingerprint density at radius 2 is 2.12 bits per heavy atom. The Bertz CT molecular complexity index is 413. The molecule has 0 radical (unpaired) electrons. The zero-order valence-corrected chi connectivity index (χ0v) is 11.0. The molecule has 3 nitrogen and oxygen atoms in total. The molecule has 2 bridgehead atoms. The van der Waals surface area contributed by atoms with E-state index < -0.39 is 0 Å². The van der Waals surface area contributed by atoms with Crippen molar-refractivity contribution in [2.24, 2.45) is 0 Å². The molecule has 2 unspecified atom stereocenters. The van der Waals surface area contributed by atoms with Gasteiger partial charge in [-0.05, 0) is 19.8 Å². The van der Waals surface area contributed by atoms with Crippen LogP contribution in [-0.4, -0.2) is 27.8 Å². The summed E-state index contributed by atoms with van der Waals surface area (Å²) >= 11 is 1.74. The van der Waals surface area contributed by atoms with E-state index in [0.29, 0.717) is 17.9 Å².